The lowest BCUT2D eigenvalue weighted by molar-refractivity contribution is 0.359. The molecule has 1 aliphatic heterocycles. The van der Waals surface area contributed by atoms with Crippen molar-refractivity contribution in [2.75, 3.05) is 20.2 Å². The lowest BCUT2D eigenvalue weighted by Crippen LogP contribution is -2.31. The molecule has 1 aliphatic rings. The van der Waals surface area contributed by atoms with Gasteiger partial charge in [-0.2, -0.15) is 0 Å². The molecule has 1 aromatic rings. The normalized spacial score (nSPS) is 18.9. The van der Waals surface area contributed by atoms with Crippen LogP contribution in [-0.4, -0.2) is 46.3 Å². The van der Waals surface area contributed by atoms with Gasteiger partial charge in [0.15, 0.2) is 0 Å². The molecule has 1 fully saturated rings. The molecular formula is C12H17BNO3S. The number of hydrogen-bond donors (Lipinski definition) is 0. The van der Waals surface area contributed by atoms with Crippen molar-refractivity contribution in [3.63, 3.8) is 0 Å². The van der Waals surface area contributed by atoms with Crippen LogP contribution < -0.4 is 5.46 Å². The first-order chi connectivity index (χ1) is 8.51. The van der Waals surface area contributed by atoms with Crippen molar-refractivity contribution in [1.82, 2.24) is 4.31 Å². The fourth-order valence-electron chi connectivity index (χ4n) is 1.70. The Bertz CT molecular complexity index is 497. The zero-order valence-corrected chi connectivity index (χ0v) is 11.5. The van der Waals surface area contributed by atoms with E-state index in [-0.39, 0.29) is 11.9 Å². The van der Waals surface area contributed by atoms with E-state index in [2.05, 4.69) is 0 Å². The van der Waals surface area contributed by atoms with Gasteiger partial charge in [-0.05, 0) is 5.56 Å². The summed E-state index contributed by atoms with van der Waals surface area (Å²) in [5, 5.41) is 0. The summed E-state index contributed by atoms with van der Waals surface area (Å²) in [4.78, 5) is 0. The maximum atomic E-state index is 12.1. The Morgan fingerprint density at radius 1 is 1.39 bits per heavy atom. The van der Waals surface area contributed by atoms with Gasteiger partial charge in [-0.1, -0.05) is 36.6 Å². The van der Waals surface area contributed by atoms with E-state index in [1.807, 2.05) is 38.4 Å². The van der Waals surface area contributed by atoms with E-state index in [1.54, 1.807) is 7.05 Å². The fraction of sp³-hybridized carbons (Fsp3) is 0.500. The SMILES string of the molecule is C[B]c1ccc(CS(=O)(=O)N(C)CC2CO2)cc1. The Morgan fingerprint density at radius 3 is 2.50 bits per heavy atom. The highest BCUT2D eigenvalue weighted by Crippen LogP contribution is 2.14. The van der Waals surface area contributed by atoms with Crippen LogP contribution in [-0.2, 0) is 20.5 Å². The van der Waals surface area contributed by atoms with Gasteiger partial charge in [-0.3, -0.25) is 0 Å². The van der Waals surface area contributed by atoms with Crippen molar-refractivity contribution in [3.05, 3.63) is 29.8 Å². The molecule has 0 aliphatic carbocycles. The van der Waals surface area contributed by atoms with Crippen molar-refractivity contribution >= 4 is 22.8 Å². The van der Waals surface area contributed by atoms with Crippen LogP contribution in [0.1, 0.15) is 5.56 Å². The molecule has 1 radical (unpaired) electrons. The van der Waals surface area contributed by atoms with Gasteiger partial charge >= 0.3 is 0 Å². The summed E-state index contributed by atoms with van der Waals surface area (Å²) in [6.45, 7) is 3.07. The Balaban J connectivity index is 2.01. The first-order valence-corrected chi connectivity index (χ1v) is 7.56. The van der Waals surface area contributed by atoms with Gasteiger partial charge in [-0.25, -0.2) is 12.7 Å². The molecule has 0 bridgehead atoms. The molecule has 6 heteroatoms. The standard InChI is InChI=1S/C12H17BNO3S/c1-13-11-5-3-10(4-6-11)9-18(15,16)14(2)7-12-8-17-12/h3-6,12H,7-9H2,1-2H3. The molecule has 0 aromatic heterocycles. The van der Waals surface area contributed by atoms with Crippen LogP contribution in [0, 0.1) is 0 Å². The van der Waals surface area contributed by atoms with Crippen LogP contribution in [0.5, 0.6) is 0 Å². The van der Waals surface area contributed by atoms with Crippen molar-refractivity contribution < 1.29 is 13.2 Å². The summed E-state index contributed by atoms with van der Waals surface area (Å²) in [6, 6.07) is 7.56. The minimum atomic E-state index is -3.24. The highest BCUT2D eigenvalue weighted by molar-refractivity contribution is 7.88. The molecular weight excluding hydrogens is 249 g/mol. The summed E-state index contributed by atoms with van der Waals surface area (Å²) in [5.41, 5.74) is 1.90. The quantitative estimate of drug-likeness (QED) is 0.547. The minimum Gasteiger partial charge on any atom is -0.372 e. The highest BCUT2D eigenvalue weighted by atomic mass is 32.2. The zero-order valence-electron chi connectivity index (χ0n) is 10.7. The maximum Gasteiger partial charge on any atom is 0.218 e. The molecule has 1 saturated heterocycles. The molecule has 1 aromatic carbocycles. The first kappa shape index (κ1) is 13.6. The van der Waals surface area contributed by atoms with Crippen LogP contribution in [0.2, 0.25) is 6.82 Å². The average molecular weight is 266 g/mol. The summed E-state index contributed by atoms with van der Waals surface area (Å²) in [5.74, 6) is 0.0419. The van der Waals surface area contributed by atoms with Gasteiger partial charge < -0.3 is 4.74 Å². The largest absolute Gasteiger partial charge is 0.372 e. The molecule has 97 valence electrons. The number of ether oxygens (including phenoxy) is 1. The van der Waals surface area contributed by atoms with Crippen LogP contribution in [0.15, 0.2) is 24.3 Å². The third kappa shape index (κ3) is 3.57. The number of nitrogens with zero attached hydrogens (tertiary/aromatic N) is 1. The van der Waals surface area contributed by atoms with Crippen LogP contribution in [0.25, 0.3) is 0 Å². The summed E-state index contributed by atoms with van der Waals surface area (Å²) >= 11 is 0. The second-order valence-corrected chi connectivity index (χ2v) is 6.60. The Morgan fingerprint density at radius 2 is 2.00 bits per heavy atom. The molecule has 0 spiro atoms. The van der Waals surface area contributed by atoms with E-state index in [0.717, 1.165) is 11.0 Å². The van der Waals surface area contributed by atoms with Crippen molar-refractivity contribution in [2.24, 2.45) is 0 Å². The van der Waals surface area contributed by atoms with E-state index < -0.39 is 10.0 Å². The van der Waals surface area contributed by atoms with E-state index in [4.69, 9.17) is 4.74 Å². The Hall–Kier alpha value is -0.845. The number of epoxide rings is 1. The summed E-state index contributed by atoms with van der Waals surface area (Å²) in [6.07, 6.45) is 0.0850. The van der Waals surface area contributed by atoms with Gasteiger partial charge in [0, 0.05) is 13.6 Å². The van der Waals surface area contributed by atoms with Gasteiger partial charge in [0.25, 0.3) is 0 Å². The average Bonchev–Trinajstić information content (AvgIpc) is 3.13. The lowest BCUT2D eigenvalue weighted by atomic mass is 9.73. The third-order valence-electron chi connectivity index (χ3n) is 3.00. The highest BCUT2D eigenvalue weighted by Gasteiger charge is 2.29. The minimum absolute atomic E-state index is 0.0419. The molecule has 0 amide bonds. The van der Waals surface area contributed by atoms with Crippen molar-refractivity contribution in [3.8, 4) is 0 Å². The molecule has 1 unspecified atom stereocenters. The van der Waals surface area contributed by atoms with E-state index >= 15 is 0 Å². The molecule has 2 rings (SSSR count). The summed E-state index contributed by atoms with van der Waals surface area (Å²) < 4.78 is 30.6. The van der Waals surface area contributed by atoms with E-state index in [0.29, 0.717) is 13.2 Å². The second kappa shape index (κ2) is 5.42. The van der Waals surface area contributed by atoms with E-state index in [1.165, 1.54) is 4.31 Å². The molecule has 1 heterocycles. The Labute approximate surface area is 109 Å². The van der Waals surface area contributed by atoms with Gasteiger partial charge in [0.1, 0.15) is 7.28 Å². The molecule has 0 saturated carbocycles. The summed E-state index contributed by atoms with van der Waals surface area (Å²) in [7, 11) is 0.339. The molecule has 4 nitrogen and oxygen atoms in total. The molecule has 0 N–H and O–H groups in total. The molecule has 18 heavy (non-hydrogen) atoms. The Kier molecular flexibility index (Phi) is 4.09. The molecule has 1 atom stereocenters. The smallest absolute Gasteiger partial charge is 0.218 e. The number of hydrogen-bond acceptors (Lipinski definition) is 3. The number of likely N-dealkylation sites (N-methyl/N-ethyl adjacent to an activating group) is 1. The van der Waals surface area contributed by atoms with Crippen LogP contribution in [0.3, 0.4) is 0 Å². The van der Waals surface area contributed by atoms with Gasteiger partial charge in [0.2, 0.25) is 10.0 Å². The van der Waals surface area contributed by atoms with Crippen molar-refractivity contribution in [1.29, 1.82) is 0 Å². The number of sulfonamides is 1. The zero-order chi connectivity index (χ0) is 13.2. The van der Waals surface area contributed by atoms with E-state index in [9.17, 15) is 8.42 Å². The van der Waals surface area contributed by atoms with Crippen LogP contribution in [0.4, 0.5) is 0 Å². The topological polar surface area (TPSA) is 49.9 Å². The third-order valence-corrected chi connectivity index (χ3v) is 4.80. The van der Waals surface area contributed by atoms with Gasteiger partial charge in [-0.15, -0.1) is 0 Å². The van der Waals surface area contributed by atoms with Crippen molar-refractivity contribution in [2.45, 2.75) is 18.7 Å². The van der Waals surface area contributed by atoms with Gasteiger partial charge in [0.05, 0.1) is 18.5 Å². The predicted octanol–water partition coefficient (Wildman–Crippen LogP) is 0.225. The predicted molar refractivity (Wildman–Crippen MR) is 72.7 cm³/mol. The number of rotatable bonds is 6. The second-order valence-electron chi connectivity index (χ2n) is 4.52. The fourth-order valence-corrected chi connectivity index (χ4v) is 2.93. The monoisotopic (exact) mass is 266 g/mol. The lowest BCUT2D eigenvalue weighted by Gasteiger charge is -2.16. The van der Waals surface area contributed by atoms with Crippen LogP contribution >= 0.6 is 0 Å². The number of benzene rings is 1. The maximum absolute atomic E-state index is 12.1. The first-order valence-electron chi connectivity index (χ1n) is 5.95.